The van der Waals surface area contributed by atoms with Crippen LogP contribution in [0.3, 0.4) is 0 Å². The predicted molar refractivity (Wildman–Crippen MR) is 63.0 cm³/mol. The van der Waals surface area contributed by atoms with Crippen LogP contribution < -0.4 is 5.73 Å². The quantitative estimate of drug-likeness (QED) is 0.762. The lowest BCUT2D eigenvalue weighted by atomic mass is 10.0. The van der Waals surface area contributed by atoms with Crippen molar-refractivity contribution in [2.24, 2.45) is 0 Å². The lowest BCUT2D eigenvalue weighted by molar-refractivity contribution is -0.137. The van der Waals surface area contributed by atoms with Crippen LogP contribution in [0.4, 0.5) is 18.9 Å². The van der Waals surface area contributed by atoms with E-state index in [1.54, 1.807) is 0 Å². The van der Waals surface area contributed by atoms with Crippen molar-refractivity contribution in [3.8, 4) is 16.9 Å². The van der Waals surface area contributed by atoms with Gasteiger partial charge in [-0.2, -0.15) is 13.2 Å². The highest BCUT2D eigenvalue weighted by Crippen LogP contribution is 2.34. The second kappa shape index (κ2) is 4.25. The minimum atomic E-state index is -4.39. The number of benzene rings is 2. The summed E-state index contributed by atoms with van der Waals surface area (Å²) >= 11 is 0. The minimum Gasteiger partial charge on any atom is -0.508 e. The molecule has 2 nitrogen and oxygen atoms in total. The van der Waals surface area contributed by atoms with E-state index < -0.39 is 11.7 Å². The Morgan fingerprint density at radius 2 is 1.72 bits per heavy atom. The molecule has 0 unspecified atom stereocenters. The minimum absolute atomic E-state index is 0.0248. The fourth-order valence-corrected chi connectivity index (χ4v) is 1.68. The Morgan fingerprint density at radius 1 is 1.00 bits per heavy atom. The maximum Gasteiger partial charge on any atom is 0.416 e. The number of phenols is 1. The molecule has 0 saturated heterocycles. The number of nitrogens with two attached hydrogens (primary N) is 1. The third-order valence-corrected chi connectivity index (χ3v) is 2.54. The van der Waals surface area contributed by atoms with E-state index in [1.807, 2.05) is 0 Å². The summed E-state index contributed by atoms with van der Waals surface area (Å²) in [5.41, 5.74) is 5.99. The highest BCUT2D eigenvalue weighted by Gasteiger charge is 2.30. The Balaban J connectivity index is 2.51. The van der Waals surface area contributed by atoms with E-state index in [1.165, 1.54) is 30.3 Å². The number of hydrogen-bond donors (Lipinski definition) is 2. The van der Waals surface area contributed by atoms with Gasteiger partial charge in [0, 0.05) is 17.3 Å². The molecule has 0 aromatic heterocycles. The number of hydrogen-bond acceptors (Lipinski definition) is 2. The van der Waals surface area contributed by atoms with E-state index in [0.29, 0.717) is 11.1 Å². The number of rotatable bonds is 1. The van der Waals surface area contributed by atoms with Crippen LogP contribution in [-0.4, -0.2) is 5.11 Å². The fourth-order valence-electron chi connectivity index (χ4n) is 1.68. The van der Waals surface area contributed by atoms with Crippen LogP contribution in [0.2, 0.25) is 0 Å². The molecule has 2 aromatic carbocycles. The summed E-state index contributed by atoms with van der Waals surface area (Å²) in [6.07, 6.45) is -4.39. The molecule has 0 aliphatic rings. The maximum atomic E-state index is 12.6. The zero-order valence-corrected chi connectivity index (χ0v) is 9.20. The number of nitrogen functional groups attached to an aromatic ring is 1. The third-order valence-electron chi connectivity index (χ3n) is 2.54. The molecule has 0 fully saturated rings. The average Bonchev–Trinajstić information content (AvgIpc) is 2.28. The molecule has 0 radical (unpaired) electrons. The van der Waals surface area contributed by atoms with Crippen LogP contribution in [0.1, 0.15) is 5.56 Å². The highest BCUT2D eigenvalue weighted by molar-refractivity contribution is 5.77. The zero-order chi connectivity index (χ0) is 13.3. The van der Waals surface area contributed by atoms with Gasteiger partial charge in [0.1, 0.15) is 5.75 Å². The molecular formula is C13H10F3NO. The van der Waals surface area contributed by atoms with Gasteiger partial charge in [-0.1, -0.05) is 12.1 Å². The monoisotopic (exact) mass is 253 g/mol. The van der Waals surface area contributed by atoms with Crippen LogP contribution in [-0.2, 0) is 6.18 Å². The Hall–Kier alpha value is -2.17. The van der Waals surface area contributed by atoms with Crippen molar-refractivity contribution in [2.75, 3.05) is 5.73 Å². The van der Waals surface area contributed by atoms with Gasteiger partial charge in [-0.05, 0) is 29.8 Å². The van der Waals surface area contributed by atoms with Gasteiger partial charge < -0.3 is 10.8 Å². The highest BCUT2D eigenvalue weighted by atomic mass is 19.4. The van der Waals surface area contributed by atoms with Gasteiger partial charge in [0.05, 0.1) is 5.56 Å². The molecule has 0 bridgehead atoms. The Kier molecular flexibility index (Phi) is 2.90. The second-order valence-corrected chi connectivity index (χ2v) is 3.85. The van der Waals surface area contributed by atoms with E-state index in [-0.39, 0.29) is 11.4 Å². The molecule has 0 heterocycles. The van der Waals surface area contributed by atoms with E-state index in [9.17, 15) is 18.3 Å². The van der Waals surface area contributed by atoms with Gasteiger partial charge in [-0.15, -0.1) is 0 Å². The number of alkyl halides is 3. The van der Waals surface area contributed by atoms with Crippen LogP contribution >= 0.6 is 0 Å². The zero-order valence-electron chi connectivity index (χ0n) is 9.20. The SMILES string of the molecule is Nc1cc(O)ccc1-c1cccc(C(F)(F)F)c1. The van der Waals surface area contributed by atoms with Crippen molar-refractivity contribution in [1.82, 2.24) is 0 Å². The lowest BCUT2D eigenvalue weighted by Gasteiger charge is -2.10. The average molecular weight is 253 g/mol. The summed E-state index contributed by atoms with van der Waals surface area (Å²) in [6, 6.07) is 9.06. The van der Waals surface area contributed by atoms with Crippen molar-refractivity contribution in [3.05, 3.63) is 48.0 Å². The molecular weight excluding hydrogens is 243 g/mol. The Morgan fingerprint density at radius 3 is 2.33 bits per heavy atom. The first-order valence-electron chi connectivity index (χ1n) is 5.14. The van der Waals surface area contributed by atoms with Crippen LogP contribution in [0.5, 0.6) is 5.75 Å². The normalized spacial score (nSPS) is 11.5. The number of anilines is 1. The number of halogens is 3. The molecule has 94 valence electrons. The Bertz CT molecular complexity index is 579. The molecule has 18 heavy (non-hydrogen) atoms. The topological polar surface area (TPSA) is 46.2 Å². The first-order valence-corrected chi connectivity index (χ1v) is 5.14. The number of phenolic OH excluding ortho intramolecular Hbond substituents is 1. The van der Waals surface area contributed by atoms with Crippen molar-refractivity contribution < 1.29 is 18.3 Å². The summed E-state index contributed by atoms with van der Waals surface area (Å²) < 4.78 is 37.7. The molecule has 2 rings (SSSR count). The molecule has 5 heteroatoms. The van der Waals surface area contributed by atoms with Gasteiger partial charge in [0.15, 0.2) is 0 Å². The molecule has 0 spiro atoms. The first-order chi connectivity index (χ1) is 8.38. The van der Waals surface area contributed by atoms with Crippen molar-refractivity contribution in [3.63, 3.8) is 0 Å². The van der Waals surface area contributed by atoms with Gasteiger partial charge in [0.2, 0.25) is 0 Å². The van der Waals surface area contributed by atoms with Gasteiger partial charge in [-0.3, -0.25) is 0 Å². The van der Waals surface area contributed by atoms with Crippen LogP contribution in [0, 0.1) is 0 Å². The summed E-state index contributed by atoms with van der Waals surface area (Å²) in [6.45, 7) is 0. The molecule has 3 N–H and O–H groups in total. The maximum absolute atomic E-state index is 12.6. The third kappa shape index (κ3) is 2.40. The summed E-state index contributed by atoms with van der Waals surface area (Å²) in [7, 11) is 0. The molecule has 2 aromatic rings. The Labute approximate surface area is 101 Å². The predicted octanol–water partition coefficient (Wildman–Crippen LogP) is 3.66. The summed E-state index contributed by atoms with van der Waals surface area (Å²) in [4.78, 5) is 0. The summed E-state index contributed by atoms with van der Waals surface area (Å²) in [5.74, 6) is -0.0248. The van der Waals surface area contributed by atoms with Crippen molar-refractivity contribution in [2.45, 2.75) is 6.18 Å². The van der Waals surface area contributed by atoms with Gasteiger partial charge in [0.25, 0.3) is 0 Å². The summed E-state index contributed by atoms with van der Waals surface area (Å²) in [5, 5.41) is 9.21. The molecule has 0 aliphatic heterocycles. The van der Waals surface area contributed by atoms with Crippen molar-refractivity contribution in [1.29, 1.82) is 0 Å². The number of aromatic hydroxyl groups is 1. The van der Waals surface area contributed by atoms with Gasteiger partial charge in [-0.25, -0.2) is 0 Å². The second-order valence-electron chi connectivity index (χ2n) is 3.85. The van der Waals surface area contributed by atoms with Crippen molar-refractivity contribution >= 4 is 5.69 Å². The van der Waals surface area contributed by atoms with E-state index in [0.717, 1.165) is 12.1 Å². The molecule has 0 saturated carbocycles. The van der Waals surface area contributed by atoms with Crippen LogP contribution in [0.15, 0.2) is 42.5 Å². The van der Waals surface area contributed by atoms with E-state index in [4.69, 9.17) is 5.73 Å². The largest absolute Gasteiger partial charge is 0.508 e. The fraction of sp³-hybridized carbons (Fsp3) is 0.0769. The lowest BCUT2D eigenvalue weighted by Crippen LogP contribution is -2.04. The molecule has 0 aliphatic carbocycles. The first kappa shape index (κ1) is 12.3. The van der Waals surface area contributed by atoms with Crippen LogP contribution in [0.25, 0.3) is 11.1 Å². The smallest absolute Gasteiger partial charge is 0.416 e. The molecule has 0 amide bonds. The van der Waals surface area contributed by atoms with E-state index in [2.05, 4.69) is 0 Å². The van der Waals surface area contributed by atoms with Gasteiger partial charge >= 0.3 is 6.18 Å². The molecule has 0 atom stereocenters. The standard InChI is InChI=1S/C13H10F3NO/c14-13(15,16)9-3-1-2-8(6-9)11-5-4-10(18)7-12(11)17/h1-7,18H,17H2. The van der Waals surface area contributed by atoms with E-state index >= 15 is 0 Å².